The second-order valence-electron chi connectivity index (χ2n) is 5.66. The first-order valence-electron chi connectivity index (χ1n) is 6.18. The van der Waals surface area contributed by atoms with Gasteiger partial charge in [0, 0.05) is 16.0 Å². The number of hydrogen-bond donors (Lipinski definition) is 1. The molecule has 0 amide bonds. The summed E-state index contributed by atoms with van der Waals surface area (Å²) >= 11 is 1.72. The highest BCUT2D eigenvalue weighted by molar-refractivity contribution is 7.16. The van der Waals surface area contributed by atoms with Gasteiger partial charge in [-0.05, 0) is 34.6 Å². The van der Waals surface area contributed by atoms with Crippen LogP contribution >= 0.6 is 11.3 Å². The van der Waals surface area contributed by atoms with Crippen LogP contribution in [0, 0.1) is 13.8 Å². The van der Waals surface area contributed by atoms with Gasteiger partial charge in [0.05, 0.1) is 5.69 Å². The summed E-state index contributed by atoms with van der Waals surface area (Å²) in [7, 11) is 0. The topological polar surface area (TPSA) is 24.9 Å². The van der Waals surface area contributed by atoms with E-state index in [1.165, 1.54) is 16.0 Å². The summed E-state index contributed by atoms with van der Waals surface area (Å²) in [6.45, 7) is 10.7. The maximum absolute atomic E-state index is 4.70. The lowest BCUT2D eigenvalue weighted by molar-refractivity contribution is 0.633. The Morgan fingerprint density at radius 3 is 2.22 bits per heavy atom. The maximum atomic E-state index is 4.70. The number of thiazole rings is 1. The van der Waals surface area contributed by atoms with Crippen molar-refractivity contribution in [2.75, 3.05) is 5.32 Å². The molecule has 2 nitrogen and oxygen atoms in total. The van der Waals surface area contributed by atoms with E-state index in [0.29, 0.717) is 0 Å². The van der Waals surface area contributed by atoms with Gasteiger partial charge < -0.3 is 5.32 Å². The molecule has 0 aliphatic heterocycles. The van der Waals surface area contributed by atoms with Gasteiger partial charge in [-0.1, -0.05) is 29.8 Å². The first kappa shape index (κ1) is 13.1. The van der Waals surface area contributed by atoms with E-state index in [-0.39, 0.29) is 5.54 Å². The largest absolute Gasteiger partial charge is 0.357 e. The summed E-state index contributed by atoms with van der Waals surface area (Å²) in [6.07, 6.45) is 0. The Morgan fingerprint density at radius 1 is 1.06 bits per heavy atom. The van der Waals surface area contributed by atoms with Crippen LogP contribution in [0.3, 0.4) is 0 Å². The predicted molar refractivity (Wildman–Crippen MR) is 80.4 cm³/mol. The van der Waals surface area contributed by atoms with Crippen LogP contribution in [0.5, 0.6) is 0 Å². The minimum atomic E-state index is 0.0504. The van der Waals surface area contributed by atoms with Crippen LogP contribution in [0.15, 0.2) is 24.3 Å². The molecule has 0 bridgehead atoms. The van der Waals surface area contributed by atoms with Gasteiger partial charge in [0.1, 0.15) is 0 Å². The molecule has 1 aromatic carbocycles. The lowest BCUT2D eigenvalue weighted by atomic mass is 10.1. The van der Waals surface area contributed by atoms with Crippen LogP contribution in [0.25, 0.3) is 11.3 Å². The summed E-state index contributed by atoms with van der Waals surface area (Å²) < 4.78 is 0. The first-order valence-corrected chi connectivity index (χ1v) is 6.99. The van der Waals surface area contributed by atoms with Gasteiger partial charge in [0.2, 0.25) is 0 Å². The Balaban J connectivity index is 2.32. The number of hydrogen-bond acceptors (Lipinski definition) is 3. The Bertz CT molecular complexity index is 533. The van der Waals surface area contributed by atoms with Crippen LogP contribution in [0.4, 0.5) is 5.13 Å². The van der Waals surface area contributed by atoms with Crippen molar-refractivity contribution in [2.45, 2.75) is 40.2 Å². The van der Waals surface area contributed by atoms with Crippen LogP contribution < -0.4 is 5.32 Å². The van der Waals surface area contributed by atoms with Crippen molar-refractivity contribution < 1.29 is 0 Å². The fraction of sp³-hybridized carbons (Fsp3) is 0.400. The van der Waals surface area contributed by atoms with E-state index >= 15 is 0 Å². The molecule has 18 heavy (non-hydrogen) atoms. The van der Waals surface area contributed by atoms with Gasteiger partial charge in [0.25, 0.3) is 0 Å². The average molecular weight is 260 g/mol. The molecule has 3 heteroatoms. The quantitative estimate of drug-likeness (QED) is 0.851. The summed E-state index contributed by atoms with van der Waals surface area (Å²) in [5.41, 5.74) is 3.61. The molecular weight excluding hydrogens is 240 g/mol. The Kier molecular flexibility index (Phi) is 3.44. The molecular formula is C15H20N2S. The zero-order chi connectivity index (χ0) is 13.3. The summed E-state index contributed by atoms with van der Waals surface area (Å²) in [6, 6.07) is 8.53. The summed E-state index contributed by atoms with van der Waals surface area (Å²) in [4.78, 5) is 5.96. The van der Waals surface area contributed by atoms with E-state index in [4.69, 9.17) is 4.98 Å². The number of aromatic nitrogens is 1. The van der Waals surface area contributed by atoms with E-state index < -0.39 is 0 Å². The van der Waals surface area contributed by atoms with Crippen LogP contribution in [-0.4, -0.2) is 10.5 Å². The Hall–Kier alpha value is -1.35. The molecule has 0 spiro atoms. The molecule has 0 fully saturated rings. The van der Waals surface area contributed by atoms with Gasteiger partial charge in [-0.3, -0.25) is 0 Å². The van der Waals surface area contributed by atoms with Gasteiger partial charge in [0.15, 0.2) is 5.13 Å². The van der Waals surface area contributed by atoms with Gasteiger partial charge >= 0.3 is 0 Å². The monoisotopic (exact) mass is 260 g/mol. The molecule has 2 aromatic rings. The Morgan fingerprint density at radius 2 is 1.67 bits per heavy atom. The fourth-order valence-electron chi connectivity index (χ4n) is 1.75. The molecule has 0 unspecified atom stereocenters. The average Bonchev–Trinajstić information content (AvgIpc) is 2.58. The molecule has 0 aliphatic carbocycles. The SMILES string of the molecule is Cc1ccc(-c2nc(NC(C)(C)C)sc2C)cc1. The van der Waals surface area contributed by atoms with Gasteiger partial charge in [-0.25, -0.2) is 4.98 Å². The zero-order valence-electron chi connectivity index (χ0n) is 11.7. The second-order valence-corrected chi connectivity index (χ2v) is 6.87. The number of aryl methyl sites for hydroxylation is 2. The molecule has 1 N–H and O–H groups in total. The van der Waals surface area contributed by atoms with E-state index in [2.05, 4.69) is 64.2 Å². The van der Waals surface area contributed by atoms with Crippen molar-refractivity contribution in [3.8, 4) is 11.3 Å². The molecule has 0 radical (unpaired) electrons. The minimum absolute atomic E-state index is 0.0504. The Labute approximate surface area is 113 Å². The third kappa shape index (κ3) is 3.10. The van der Waals surface area contributed by atoms with Crippen molar-refractivity contribution in [1.82, 2.24) is 4.98 Å². The number of nitrogens with one attached hydrogen (secondary N) is 1. The maximum Gasteiger partial charge on any atom is 0.183 e. The second kappa shape index (κ2) is 4.73. The van der Waals surface area contributed by atoms with Crippen molar-refractivity contribution in [3.63, 3.8) is 0 Å². The highest BCUT2D eigenvalue weighted by Crippen LogP contribution is 2.31. The summed E-state index contributed by atoms with van der Waals surface area (Å²) in [5, 5.41) is 4.43. The van der Waals surface area contributed by atoms with Crippen LogP contribution in [0.2, 0.25) is 0 Å². The lowest BCUT2D eigenvalue weighted by Crippen LogP contribution is -2.25. The molecule has 96 valence electrons. The third-order valence-corrected chi connectivity index (χ3v) is 3.49. The number of rotatable bonds is 2. The molecule has 0 saturated heterocycles. The number of nitrogens with zero attached hydrogens (tertiary/aromatic N) is 1. The van der Waals surface area contributed by atoms with Crippen molar-refractivity contribution in [1.29, 1.82) is 0 Å². The number of benzene rings is 1. The highest BCUT2D eigenvalue weighted by Gasteiger charge is 2.15. The van der Waals surface area contributed by atoms with E-state index in [0.717, 1.165) is 10.8 Å². The van der Waals surface area contributed by atoms with E-state index in [9.17, 15) is 0 Å². The molecule has 0 atom stereocenters. The zero-order valence-corrected chi connectivity index (χ0v) is 12.5. The fourth-order valence-corrected chi connectivity index (χ4v) is 2.79. The van der Waals surface area contributed by atoms with Crippen molar-refractivity contribution in [2.24, 2.45) is 0 Å². The minimum Gasteiger partial charge on any atom is -0.357 e. The van der Waals surface area contributed by atoms with E-state index in [1.54, 1.807) is 11.3 Å². The molecule has 1 aromatic heterocycles. The molecule has 0 saturated carbocycles. The lowest BCUT2D eigenvalue weighted by Gasteiger charge is -2.19. The van der Waals surface area contributed by atoms with Crippen molar-refractivity contribution >= 4 is 16.5 Å². The van der Waals surface area contributed by atoms with Crippen LogP contribution in [-0.2, 0) is 0 Å². The van der Waals surface area contributed by atoms with E-state index in [1.807, 2.05) is 0 Å². The summed E-state index contributed by atoms with van der Waals surface area (Å²) in [5.74, 6) is 0. The highest BCUT2D eigenvalue weighted by atomic mass is 32.1. The third-order valence-electron chi connectivity index (χ3n) is 2.60. The van der Waals surface area contributed by atoms with Gasteiger partial charge in [-0.15, -0.1) is 11.3 Å². The normalized spacial score (nSPS) is 11.6. The number of anilines is 1. The van der Waals surface area contributed by atoms with Crippen LogP contribution in [0.1, 0.15) is 31.2 Å². The predicted octanol–water partition coefficient (Wildman–Crippen LogP) is 4.64. The first-order chi connectivity index (χ1) is 8.35. The molecule has 1 heterocycles. The molecule has 0 aliphatic rings. The standard InChI is InChI=1S/C15H20N2S/c1-10-6-8-12(9-7-10)13-11(2)18-14(16-13)17-15(3,4)5/h6-9H,1-5H3,(H,16,17). The smallest absolute Gasteiger partial charge is 0.183 e. The van der Waals surface area contributed by atoms with Gasteiger partial charge in [-0.2, -0.15) is 0 Å². The molecule has 2 rings (SSSR count). The van der Waals surface area contributed by atoms with Crippen molar-refractivity contribution in [3.05, 3.63) is 34.7 Å².